The van der Waals surface area contributed by atoms with Gasteiger partial charge in [0.1, 0.15) is 18.9 Å². The predicted molar refractivity (Wildman–Crippen MR) is 171 cm³/mol. The molecule has 2 aromatic rings. The molecule has 1 fully saturated rings. The zero-order valence-electron chi connectivity index (χ0n) is 27.2. The molecule has 45 heavy (non-hydrogen) atoms. The van der Waals surface area contributed by atoms with Crippen molar-refractivity contribution < 1.29 is 28.2 Å². The summed E-state index contributed by atoms with van der Waals surface area (Å²) in [5.41, 5.74) is 4.63. The molecular formula is C34H52FN5O5. The number of carbonyl (C=O) groups excluding carboxylic acids is 2. The number of hydrogen-bond donors (Lipinski definition) is 1. The summed E-state index contributed by atoms with van der Waals surface area (Å²) in [6.45, 7) is 4.11. The number of anilines is 1. The Morgan fingerprint density at radius 3 is 2.09 bits per heavy atom. The number of terminal acetylenes is 1. The SMILES string of the molecule is C#C[C@]1(COC(=O)CCCCCCCCCC)O[C@@H](n2cnc3c(N)nc(F)nc32)C[C@@H]1OC(=O)CCCCCCCCCC. The van der Waals surface area contributed by atoms with Crippen molar-refractivity contribution in [3.63, 3.8) is 0 Å². The van der Waals surface area contributed by atoms with E-state index in [1.165, 1.54) is 68.7 Å². The first kappa shape index (κ1) is 36.2. The molecule has 0 unspecified atom stereocenters. The van der Waals surface area contributed by atoms with Crippen molar-refractivity contribution in [1.82, 2.24) is 19.5 Å². The van der Waals surface area contributed by atoms with Gasteiger partial charge < -0.3 is 19.9 Å². The zero-order valence-corrected chi connectivity index (χ0v) is 27.2. The molecule has 0 aromatic carbocycles. The lowest BCUT2D eigenvalue weighted by Gasteiger charge is -2.28. The van der Waals surface area contributed by atoms with Crippen LogP contribution in [0.4, 0.5) is 10.2 Å². The Morgan fingerprint density at radius 1 is 0.956 bits per heavy atom. The number of nitrogen functional groups attached to an aromatic ring is 1. The Hall–Kier alpha value is -3.26. The number of hydrogen-bond acceptors (Lipinski definition) is 9. The quantitative estimate of drug-likeness (QED) is 0.0614. The molecule has 1 aliphatic rings. The first-order valence-electron chi connectivity index (χ1n) is 17.0. The van der Waals surface area contributed by atoms with E-state index in [2.05, 4.69) is 34.7 Å². The minimum Gasteiger partial charge on any atom is -0.461 e. The maximum absolute atomic E-state index is 14.0. The third-order valence-corrected chi connectivity index (χ3v) is 8.45. The van der Waals surface area contributed by atoms with E-state index < -0.39 is 30.0 Å². The molecule has 10 nitrogen and oxygen atoms in total. The summed E-state index contributed by atoms with van der Waals surface area (Å²) >= 11 is 0. The van der Waals surface area contributed by atoms with Crippen molar-refractivity contribution in [2.45, 2.75) is 154 Å². The molecule has 3 atom stereocenters. The van der Waals surface area contributed by atoms with Crippen LogP contribution in [-0.4, -0.2) is 49.8 Å². The number of nitrogens with two attached hydrogens (primary N) is 1. The summed E-state index contributed by atoms with van der Waals surface area (Å²) in [5, 5.41) is 0. The van der Waals surface area contributed by atoms with Crippen molar-refractivity contribution in [3.05, 3.63) is 12.4 Å². The fraction of sp³-hybridized carbons (Fsp3) is 0.735. The van der Waals surface area contributed by atoms with Crippen LogP contribution in [0.25, 0.3) is 11.2 Å². The number of rotatable bonds is 22. The molecule has 0 saturated carbocycles. The number of nitrogens with zero attached hydrogens (tertiary/aromatic N) is 4. The van der Waals surface area contributed by atoms with E-state index in [9.17, 15) is 14.0 Å². The second-order valence-electron chi connectivity index (χ2n) is 12.1. The number of ether oxygens (including phenoxy) is 3. The highest BCUT2D eigenvalue weighted by Gasteiger charge is 2.52. The summed E-state index contributed by atoms with van der Waals surface area (Å²) in [6, 6.07) is 0. The van der Waals surface area contributed by atoms with E-state index in [1.807, 2.05) is 0 Å². The highest BCUT2D eigenvalue weighted by atomic mass is 19.1. The molecule has 3 heterocycles. The lowest BCUT2D eigenvalue weighted by atomic mass is 9.98. The van der Waals surface area contributed by atoms with Crippen LogP contribution in [0, 0.1) is 18.4 Å². The summed E-state index contributed by atoms with van der Waals surface area (Å²) in [4.78, 5) is 37.2. The molecule has 0 spiro atoms. The van der Waals surface area contributed by atoms with Crippen LogP contribution in [0.3, 0.4) is 0 Å². The van der Waals surface area contributed by atoms with Gasteiger partial charge in [-0.25, -0.2) is 4.98 Å². The molecule has 1 aliphatic heterocycles. The number of halogens is 1. The van der Waals surface area contributed by atoms with Gasteiger partial charge in [-0.1, -0.05) is 110 Å². The number of esters is 2. The maximum Gasteiger partial charge on any atom is 0.312 e. The Balaban J connectivity index is 1.61. The third kappa shape index (κ3) is 11.2. The minimum atomic E-state index is -1.54. The third-order valence-electron chi connectivity index (χ3n) is 8.45. The van der Waals surface area contributed by atoms with Crippen molar-refractivity contribution in [2.75, 3.05) is 12.3 Å². The highest BCUT2D eigenvalue weighted by Crippen LogP contribution is 2.40. The van der Waals surface area contributed by atoms with Crippen molar-refractivity contribution >= 4 is 28.9 Å². The molecule has 11 heteroatoms. The Morgan fingerprint density at radius 2 is 1.51 bits per heavy atom. The number of fused-ring (bicyclic) bond motifs is 1. The van der Waals surface area contributed by atoms with Gasteiger partial charge in [-0.15, -0.1) is 6.42 Å². The number of unbranched alkanes of at least 4 members (excludes halogenated alkanes) is 14. The van der Waals surface area contributed by atoms with Crippen molar-refractivity contribution in [1.29, 1.82) is 0 Å². The number of carbonyl (C=O) groups is 2. The normalized spacial score (nSPS) is 19.5. The second-order valence-corrected chi connectivity index (χ2v) is 12.1. The molecule has 1 saturated heterocycles. The van der Waals surface area contributed by atoms with E-state index in [0.29, 0.717) is 6.42 Å². The van der Waals surface area contributed by atoms with Crippen LogP contribution >= 0.6 is 0 Å². The lowest BCUT2D eigenvalue weighted by Crippen LogP contribution is -2.45. The average Bonchev–Trinajstić information content (AvgIpc) is 3.60. The van der Waals surface area contributed by atoms with Gasteiger partial charge >= 0.3 is 18.0 Å². The van der Waals surface area contributed by atoms with Gasteiger partial charge in [0.15, 0.2) is 17.0 Å². The van der Waals surface area contributed by atoms with Gasteiger partial charge in [-0.3, -0.25) is 14.2 Å². The average molecular weight is 630 g/mol. The van der Waals surface area contributed by atoms with Gasteiger partial charge in [0.2, 0.25) is 5.60 Å². The molecule has 2 aromatic heterocycles. The standard InChI is InChI=1S/C34H52FN5O5/c1-4-7-9-11-13-15-17-19-21-28(41)43-24-34(6-3)26(44-29(42)22-20-18-16-14-12-10-8-5-2)23-27(45-34)40-25-37-30-31(36)38-33(35)39-32(30)40/h3,25-27H,4-5,7-24H2,1-2H3,(H2,36,38,39)/t26-,27+,34+/m0/s1. The van der Waals surface area contributed by atoms with E-state index >= 15 is 0 Å². The molecule has 250 valence electrons. The second kappa shape index (κ2) is 19.3. The maximum atomic E-state index is 14.0. The molecule has 0 radical (unpaired) electrons. The molecule has 0 bridgehead atoms. The summed E-state index contributed by atoms with van der Waals surface area (Å²) in [7, 11) is 0. The molecule has 0 amide bonds. The molecule has 3 rings (SSSR count). The van der Waals surface area contributed by atoms with Gasteiger partial charge in [0.25, 0.3) is 0 Å². The van der Waals surface area contributed by atoms with Gasteiger partial charge in [-0.2, -0.15) is 14.4 Å². The Labute approximate surface area is 267 Å². The summed E-state index contributed by atoms with van der Waals surface area (Å²) < 4.78 is 33.3. The molecular weight excluding hydrogens is 577 g/mol. The van der Waals surface area contributed by atoms with Crippen LogP contribution in [0.15, 0.2) is 6.33 Å². The van der Waals surface area contributed by atoms with Gasteiger partial charge in [-0.05, 0) is 12.8 Å². The van der Waals surface area contributed by atoms with Crippen molar-refractivity contribution in [3.8, 4) is 12.3 Å². The zero-order chi connectivity index (χ0) is 32.5. The first-order chi connectivity index (χ1) is 21.8. The van der Waals surface area contributed by atoms with Crippen LogP contribution in [0.5, 0.6) is 0 Å². The minimum absolute atomic E-state index is 0.110. The predicted octanol–water partition coefficient (Wildman–Crippen LogP) is 7.36. The summed E-state index contributed by atoms with van der Waals surface area (Å²) in [5.74, 6) is 1.72. The van der Waals surface area contributed by atoms with E-state index in [4.69, 9.17) is 26.4 Å². The Kier molecular flexibility index (Phi) is 15.5. The highest BCUT2D eigenvalue weighted by molar-refractivity contribution is 5.81. The van der Waals surface area contributed by atoms with Crippen LogP contribution in [0.1, 0.15) is 142 Å². The van der Waals surface area contributed by atoms with Crippen LogP contribution in [-0.2, 0) is 23.8 Å². The van der Waals surface area contributed by atoms with Gasteiger partial charge in [0, 0.05) is 19.3 Å². The van der Waals surface area contributed by atoms with E-state index in [0.717, 1.165) is 38.5 Å². The summed E-state index contributed by atoms with van der Waals surface area (Å²) in [6.07, 6.45) is 23.0. The van der Waals surface area contributed by atoms with E-state index in [1.54, 1.807) is 0 Å². The number of aromatic nitrogens is 4. The fourth-order valence-corrected chi connectivity index (χ4v) is 5.75. The molecule has 2 N–H and O–H groups in total. The van der Waals surface area contributed by atoms with E-state index in [-0.39, 0.29) is 48.8 Å². The topological polar surface area (TPSA) is 131 Å². The van der Waals surface area contributed by atoms with Crippen LogP contribution < -0.4 is 5.73 Å². The lowest BCUT2D eigenvalue weighted by molar-refractivity contribution is -0.166. The first-order valence-corrected chi connectivity index (χ1v) is 17.0. The molecule has 0 aliphatic carbocycles. The number of imidazole rings is 1. The fourth-order valence-electron chi connectivity index (χ4n) is 5.75. The Bertz CT molecular complexity index is 1250. The largest absolute Gasteiger partial charge is 0.461 e. The van der Waals surface area contributed by atoms with Crippen molar-refractivity contribution in [2.24, 2.45) is 0 Å². The van der Waals surface area contributed by atoms with Gasteiger partial charge in [0.05, 0.1) is 6.33 Å². The smallest absolute Gasteiger partial charge is 0.312 e. The van der Waals surface area contributed by atoms with Crippen LogP contribution in [0.2, 0.25) is 0 Å². The monoisotopic (exact) mass is 629 g/mol.